The van der Waals surface area contributed by atoms with Crippen LogP contribution in [-0.2, 0) is 0 Å². The maximum Gasteiger partial charge on any atom is 0.0997 e. The highest BCUT2D eigenvalue weighted by atomic mass is 14.2. The Balaban J connectivity index is 2.18. The standard InChI is InChI=1S/C17H13N/c18-14-17(16-11-5-2-6-12-16)13-7-10-15-8-3-1-4-9-15/h1-13H/b10-7-,17-13+. The van der Waals surface area contributed by atoms with Crippen LogP contribution in [0.5, 0.6) is 0 Å². The second kappa shape index (κ2) is 6.22. The largest absolute Gasteiger partial charge is 0.192 e. The molecule has 0 aliphatic heterocycles. The molecule has 0 aliphatic rings. The van der Waals surface area contributed by atoms with E-state index in [2.05, 4.69) is 6.07 Å². The summed E-state index contributed by atoms with van der Waals surface area (Å²) in [5.41, 5.74) is 2.74. The maximum atomic E-state index is 9.12. The average Bonchev–Trinajstić information content (AvgIpc) is 2.46. The number of benzene rings is 2. The summed E-state index contributed by atoms with van der Waals surface area (Å²) in [4.78, 5) is 0. The predicted molar refractivity (Wildman–Crippen MR) is 75.5 cm³/mol. The summed E-state index contributed by atoms with van der Waals surface area (Å²) in [6, 6.07) is 21.9. The molecule has 0 aliphatic carbocycles. The molecule has 2 rings (SSSR count). The minimum Gasteiger partial charge on any atom is -0.192 e. The zero-order valence-electron chi connectivity index (χ0n) is 9.95. The fraction of sp³-hybridized carbons (Fsp3) is 0. The number of nitriles is 1. The van der Waals surface area contributed by atoms with Crippen LogP contribution >= 0.6 is 0 Å². The van der Waals surface area contributed by atoms with Crippen LogP contribution in [0.1, 0.15) is 11.1 Å². The molecule has 0 bridgehead atoms. The highest BCUT2D eigenvalue weighted by Gasteiger charge is 1.96. The molecule has 1 heteroatoms. The molecule has 0 spiro atoms. The zero-order valence-corrected chi connectivity index (χ0v) is 9.95. The molecule has 0 atom stereocenters. The van der Waals surface area contributed by atoms with Gasteiger partial charge >= 0.3 is 0 Å². The quantitative estimate of drug-likeness (QED) is 0.570. The van der Waals surface area contributed by atoms with Gasteiger partial charge in [0.1, 0.15) is 0 Å². The van der Waals surface area contributed by atoms with Crippen molar-refractivity contribution < 1.29 is 0 Å². The lowest BCUT2D eigenvalue weighted by molar-refractivity contribution is 1.52. The van der Waals surface area contributed by atoms with E-state index in [4.69, 9.17) is 5.26 Å². The van der Waals surface area contributed by atoms with Gasteiger partial charge in [0, 0.05) is 0 Å². The molecule has 0 unspecified atom stereocenters. The molecule has 0 heterocycles. The molecular weight excluding hydrogens is 218 g/mol. The molecule has 0 amide bonds. The Morgan fingerprint density at radius 3 is 2.11 bits per heavy atom. The molecule has 0 radical (unpaired) electrons. The van der Waals surface area contributed by atoms with E-state index in [1.807, 2.05) is 78.9 Å². The Kier molecular flexibility index (Phi) is 4.11. The van der Waals surface area contributed by atoms with Crippen molar-refractivity contribution >= 4 is 11.6 Å². The molecule has 1 nitrogen and oxygen atoms in total. The number of rotatable bonds is 3. The summed E-state index contributed by atoms with van der Waals surface area (Å²) in [6.07, 6.45) is 5.73. The number of nitrogens with zero attached hydrogens (tertiary/aromatic N) is 1. The van der Waals surface area contributed by atoms with E-state index in [0.717, 1.165) is 11.1 Å². The van der Waals surface area contributed by atoms with Crippen molar-refractivity contribution in [2.24, 2.45) is 0 Å². The molecule has 2 aromatic rings. The predicted octanol–water partition coefficient (Wildman–Crippen LogP) is 4.31. The van der Waals surface area contributed by atoms with Gasteiger partial charge < -0.3 is 0 Å². The summed E-state index contributed by atoms with van der Waals surface area (Å²) in [7, 11) is 0. The molecule has 2 aromatic carbocycles. The topological polar surface area (TPSA) is 23.8 Å². The van der Waals surface area contributed by atoms with Gasteiger partial charge in [0.2, 0.25) is 0 Å². The first kappa shape index (κ1) is 11.9. The first-order chi connectivity index (χ1) is 8.90. The third-order valence-corrected chi connectivity index (χ3v) is 2.56. The SMILES string of the molecule is N#C/C(=C\C=C/c1ccccc1)c1ccccc1. The molecule has 0 fully saturated rings. The molecule has 0 saturated carbocycles. The summed E-state index contributed by atoms with van der Waals surface area (Å²) < 4.78 is 0. The first-order valence-corrected chi connectivity index (χ1v) is 5.79. The van der Waals surface area contributed by atoms with Crippen LogP contribution in [0.3, 0.4) is 0 Å². The summed E-state index contributed by atoms with van der Waals surface area (Å²) >= 11 is 0. The van der Waals surface area contributed by atoms with Gasteiger partial charge in [-0.05, 0) is 17.2 Å². The monoisotopic (exact) mass is 231 g/mol. The smallest absolute Gasteiger partial charge is 0.0997 e. The van der Waals surface area contributed by atoms with Crippen molar-refractivity contribution in [2.75, 3.05) is 0 Å². The molecule has 0 saturated heterocycles. The minimum atomic E-state index is 0.669. The van der Waals surface area contributed by atoms with E-state index in [0.29, 0.717) is 5.57 Å². The normalized spacial score (nSPS) is 11.4. The Hall–Kier alpha value is -2.59. The van der Waals surface area contributed by atoms with E-state index < -0.39 is 0 Å². The Bertz CT molecular complexity index is 587. The van der Waals surface area contributed by atoms with Crippen LogP contribution in [0, 0.1) is 11.3 Å². The molecule has 0 N–H and O–H groups in total. The third-order valence-electron chi connectivity index (χ3n) is 2.56. The van der Waals surface area contributed by atoms with E-state index >= 15 is 0 Å². The maximum absolute atomic E-state index is 9.12. The first-order valence-electron chi connectivity index (χ1n) is 5.79. The van der Waals surface area contributed by atoms with Gasteiger partial charge in [-0.3, -0.25) is 0 Å². The third kappa shape index (κ3) is 3.20. The van der Waals surface area contributed by atoms with Crippen molar-refractivity contribution in [3.8, 4) is 6.07 Å². The Labute approximate surface area is 107 Å². The van der Waals surface area contributed by atoms with Crippen LogP contribution in [0.25, 0.3) is 11.6 Å². The van der Waals surface area contributed by atoms with Crippen LogP contribution in [-0.4, -0.2) is 0 Å². The fourth-order valence-corrected chi connectivity index (χ4v) is 1.64. The highest BCUT2D eigenvalue weighted by Crippen LogP contribution is 2.13. The van der Waals surface area contributed by atoms with Gasteiger partial charge in [-0.2, -0.15) is 5.26 Å². The number of hydrogen-bond acceptors (Lipinski definition) is 1. The Morgan fingerprint density at radius 1 is 0.889 bits per heavy atom. The lowest BCUT2D eigenvalue weighted by Gasteiger charge is -1.96. The van der Waals surface area contributed by atoms with E-state index in [1.165, 1.54) is 0 Å². The molecule has 18 heavy (non-hydrogen) atoms. The Morgan fingerprint density at radius 2 is 1.50 bits per heavy atom. The van der Waals surface area contributed by atoms with Crippen LogP contribution in [0.15, 0.2) is 72.8 Å². The van der Waals surface area contributed by atoms with Crippen molar-refractivity contribution in [1.29, 1.82) is 5.26 Å². The lowest BCUT2D eigenvalue weighted by atomic mass is 10.1. The van der Waals surface area contributed by atoms with Gasteiger partial charge in [0.05, 0.1) is 11.6 Å². The van der Waals surface area contributed by atoms with E-state index in [9.17, 15) is 0 Å². The summed E-state index contributed by atoms with van der Waals surface area (Å²) in [5.74, 6) is 0. The minimum absolute atomic E-state index is 0.669. The van der Waals surface area contributed by atoms with Crippen LogP contribution in [0.2, 0.25) is 0 Å². The van der Waals surface area contributed by atoms with Crippen molar-refractivity contribution in [1.82, 2.24) is 0 Å². The van der Waals surface area contributed by atoms with Gasteiger partial charge in [-0.1, -0.05) is 72.8 Å². The zero-order chi connectivity index (χ0) is 12.6. The van der Waals surface area contributed by atoms with Gasteiger partial charge in [0.15, 0.2) is 0 Å². The van der Waals surface area contributed by atoms with Crippen molar-refractivity contribution in [2.45, 2.75) is 0 Å². The lowest BCUT2D eigenvalue weighted by Crippen LogP contribution is -1.78. The summed E-state index contributed by atoms with van der Waals surface area (Å²) in [5, 5.41) is 9.12. The highest BCUT2D eigenvalue weighted by molar-refractivity contribution is 5.78. The fourth-order valence-electron chi connectivity index (χ4n) is 1.64. The van der Waals surface area contributed by atoms with E-state index in [1.54, 1.807) is 0 Å². The van der Waals surface area contributed by atoms with Crippen molar-refractivity contribution in [3.63, 3.8) is 0 Å². The van der Waals surface area contributed by atoms with Crippen LogP contribution in [0.4, 0.5) is 0 Å². The number of hydrogen-bond donors (Lipinski definition) is 0. The summed E-state index contributed by atoms with van der Waals surface area (Å²) in [6.45, 7) is 0. The van der Waals surface area contributed by atoms with Gasteiger partial charge in [-0.25, -0.2) is 0 Å². The van der Waals surface area contributed by atoms with Gasteiger partial charge in [-0.15, -0.1) is 0 Å². The second-order valence-electron chi connectivity index (χ2n) is 3.83. The second-order valence-corrected chi connectivity index (χ2v) is 3.83. The molecular formula is C17H13N. The van der Waals surface area contributed by atoms with Crippen molar-refractivity contribution in [3.05, 3.63) is 83.9 Å². The number of allylic oxidation sites excluding steroid dienone is 3. The molecule has 0 aromatic heterocycles. The molecule has 86 valence electrons. The van der Waals surface area contributed by atoms with E-state index in [-0.39, 0.29) is 0 Å². The van der Waals surface area contributed by atoms with Gasteiger partial charge in [0.25, 0.3) is 0 Å². The average molecular weight is 231 g/mol. The van der Waals surface area contributed by atoms with Crippen LogP contribution < -0.4 is 0 Å².